The highest BCUT2D eigenvalue weighted by Gasteiger charge is 2.30. The second-order valence-electron chi connectivity index (χ2n) is 7.98. The molecule has 0 radical (unpaired) electrons. The smallest absolute Gasteiger partial charge is 0.410 e. The van der Waals surface area contributed by atoms with Gasteiger partial charge < -0.3 is 19.5 Å². The van der Waals surface area contributed by atoms with Crippen LogP contribution in [0.25, 0.3) is 11.0 Å². The number of H-pyrrole nitrogens is 1. The molecular weight excluding hydrogens is 350 g/mol. The quantitative estimate of drug-likeness (QED) is 0.650. The van der Waals surface area contributed by atoms with Gasteiger partial charge in [0.2, 0.25) is 5.95 Å². The van der Waals surface area contributed by atoms with E-state index >= 15 is 0 Å². The van der Waals surface area contributed by atoms with Gasteiger partial charge >= 0.3 is 6.09 Å². The molecule has 0 saturated carbocycles. The molecule has 2 heterocycles. The molecule has 1 saturated heterocycles. The number of nitro benzene ring substituents is 1. The molecule has 2 aromatic rings. The van der Waals surface area contributed by atoms with Gasteiger partial charge in [-0.3, -0.25) is 10.1 Å². The minimum atomic E-state index is -0.497. The summed E-state index contributed by atoms with van der Waals surface area (Å²) in [7, 11) is 1.92. The zero-order valence-electron chi connectivity index (χ0n) is 16.1. The number of likely N-dealkylation sites (tertiary alicyclic amines) is 1. The number of non-ortho nitro benzene ring substituents is 1. The fraction of sp³-hybridized carbons (Fsp3) is 0.556. The highest BCUT2D eigenvalue weighted by Crippen LogP contribution is 2.24. The Morgan fingerprint density at radius 1 is 1.48 bits per heavy atom. The number of carbonyl (C=O) groups excluding carboxylic acids is 1. The fourth-order valence-electron chi connectivity index (χ4n) is 3.23. The van der Waals surface area contributed by atoms with Crippen molar-refractivity contribution >= 4 is 28.8 Å². The number of imidazole rings is 1. The molecule has 1 aliphatic rings. The van der Waals surface area contributed by atoms with Crippen molar-refractivity contribution in [1.29, 1.82) is 0 Å². The standard InChI is InChI=1S/C18H25N5O4/c1-18(2,3)27-17(24)22-8-7-12(11-22)10-21(4)16-19-14-6-5-13(23(25)26)9-15(14)20-16/h5-6,9,12H,7-8,10-11H2,1-4H3,(H,19,20). The summed E-state index contributed by atoms with van der Waals surface area (Å²) >= 11 is 0. The number of hydrogen-bond donors (Lipinski definition) is 1. The van der Waals surface area contributed by atoms with Crippen LogP contribution in [-0.2, 0) is 4.74 Å². The molecule has 27 heavy (non-hydrogen) atoms. The minimum absolute atomic E-state index is 0.0316. The average Bonchev–Trinajstić information content (AvgIpc) is 3.18. The Hall–Kier alpha value is -2.84. The maximum absolute atomic E-state index is 12.2. The molecule has 1 amide bonds. The minimum Gasteiger partial charge on any atom is -0.444 e. The number of anilines is 1. The van der Waals surface area contributed by atoms with Gasteiger partial charge in [-0.2, -0.15) is 0 Å². The van der Waals surface area contributed by atoms with E-state index in [0.29, 0.717) is 36.0 Å². The Balaban J connectivity index is 1.62. The third-order valence-electron chi connectivity index (χ3n) is 4.49. The predicted molar refractivity (Wildman–Crippen MR) is 102 cm³/mol. The van der Waals surface area contributed by atoms with Gasteiger partial charge in [-0.25, -0.2) is 9.78 Å². The summed E-state index contributed by atoms with van der Waals surface area (Å²) in [6, 6.07) is 4.57. The Labute approximate surface area is 157 Å². The number of nitro groups is 1. The zero-order chi connectivity index (χ0) is 19.8. The zero-order valence-corrected chi connectivity index (χ0v) is 16.1. The van der Waals surface area contributed by atoms with Crippen LogP contribution in [0, 0.1) is 16.0 Å². The van der Waals surface area contributed by atoms with E-state index in [1.54, 1.807) is 11.0 Å². The van der Waals surface area contributed by atoms with Gasteiger partial charge in [0.1, 0.15) is 5.60 Å². The van der Waals surface area contributed by atoms with Gasteiger partial charge in [0, 0.05) is 38.8 Å². The number of rotatable bonds is 4. The third kappa shape index (κ3) is 4.47. The van der Waals surface area contributed by atoms with Crippen LogP contribution in [-0.4, -0.2) is 58.2 Å². The molecule has 146 valence electrons. The molecule has 1 aromatic heterocycles. The highest BCUT2D eigenvalue weighted by atomic mass is 16.6. The molecule has 9 nitrogen and oxygen atoms in total. The number of carbonyl (C=O) groups is 1. The first-order chi connectivity index (χ1) is 12.6. The van der Waals surface area contributed by atoms with Crippen molar-refractivity contribution in [1.82, 2.24) is 14.9 Å². The summed E-state index contributed by atoms with van der Waals surface area (Å²) in [5.74, 6) is 0.964. The van der Waals surface area contributed by atoms with Gasteiger partial charge in [-0.05, 0) is 39.2 Å². The van der Waals surface area contributed by atoms with Crippen LogP contribution in [0.15, 0.2) is 18.2 Å². The monoisotopic (exact) mass is 375 g/mol. The van der Waals surface area contributed by atoms with Gasteiger partial charge in [-0.15, -0.1) is 0 Å². The molecule has 1 fully saturated rings. The maximum atomic E-state index is 12.2. The topological polar surface area (TPSA) is 105 Å². The van der Waals surface area contributed by atoms with E-state index in [4.69, 9.17) is 4.74 Å². The Morgan fingerprint density at radius 3 is 2.89 bits per heavy atom. The van der Waals surface area contributed by atoms with E-state index in [9.17, 15) is 14.9 Å². The normalized spacial score (nSPS) is 17.3. The van der Waals surface area contributed by atoms with E-state index in [2.05, 4.69) is 9.97 Å². The van der Waals surface area contributed by atoms with Crippen molar-refractivity contribution in [3.8, 4) is 0 Å². The van der Waals surface area contributed by atoms with Crippen molar-refractivity contribution in [2.75, 3.05) is 31.6 Å². The van der Waals surface area contributed by atoms with E-state index in [1.165, 1.54) is 12.1 Å². The van der Waals surface area contributed by atoms with Crippen LogP contribution in [0.4, 0.5) is 16.4 Å². The van der Waals surface area contributed by atoms with Crippen molar-refractivity contribution < 1.29 is 14.5 Å². The lowest BCUT2D eigenvalue weighted by Crippen LogP contribution is -2.36. The van der Waals surface area contributed by atoms with E-state index < -0.39 is 10.5 Å². The van der Waals surface area contributed by atoms with Crippen LogP contribution >= 0.6 is 0 Å². The molecular formula is C18H25N5O4. The Bertz CT molecular complexity index is 857. The first kappa shape index (κ1) is 18.9. The van der Waals surface area contributed by atoms with Crippen molar-refractivity contribution in [3.05, 3.63) is 28.3 Å². The lowest BCUT2D eigenvalue weighted by Gasteiger charge is -2.25. The van der Waals surface area contributed by atoms with Gasteiger partial charge in [-0.1, -0.05) is 0 Å². The van der Waals surface area contributed by atoms with Gasteiger partial charge in [0.25, 0.3) is 5.69 Å². The van der Waals surface area contributed by atoms with E-state index in [1.807, 2.05) is 32.7 Å². The molecule has 1 unspecified atom stereocenters. The van der Waals surface area contributed by atoms with E-state index in [0.717, 1.165) is 13.0 Å². The molecule has 0 bridgehead atoms. The number of amides is 1. The molecule has 3 rings (SSSR count). The van der Waals surface area contributed by atoms with Gasteiger partial charge in [0.15, 0.2) is 0 Å². The largest absolute Gasteiger partial charge is 0.444 e. The summed E-state index contributed by atoms with van der Waals surface area (Å²) < 4.78 is 5.43. The van der Waals surface area contributed by atoms with Crippen molar-refractivity contribution in [3.63, 3.8) is 0 Å². The Kier molecular flexibility index (Phi) is 4.95. The first-order valence-electron chi connectivity index (χ1n) is 8.95. The maximum Gasteiger partial charge on any atom is 0.410 e. The lowest BCUT2D eigenvalue weighted by atomic mass is 10.1. The summed E-state index contributed by atoms with van der Waals surface area (Å²) in [5.41, 5.74) is 0.851. The number of fused-ring (bicyclic) bond motifs is 1. The summed E-state index contributed by atoms with van der Waals surface area (Å²) in [5, 5.41) is 10.9. The second-order valence-corrected chi connectivity index (χ2v) is 7.98. The summed E-state index contributed by atoms with van der Waals surface area (Å²) in [4.78, 5) is 34.0. The average molecular weight is 375 g/mol. The van der Waals surface area contributed by atoms with Crippen LogP contribution < -0.4 is 4.90 Å². The van der Waals surface area contributed by atoms with Crippen molar-refractivity contribution in [2.24, 2.45) is 5.92 Å². The summed E-state index contributed by atoms with van der Waals surface area (Å²) in [6.07, 6.45) is 0.624. The second kappa shape index (κ2) is 7.05. The van der Waals surface area contributed by atoms with E-state index in [-0.39, 0.29) is 11.8 Å². The molecule has 9 heteroatoms. The number of aromatic amines is 1. The number of nitrogens with zero attached hydrogens (tertiary/aromatic N) is 4. The van der Waals surface area contributed by atoms with Gasteiger partial charge in [0.05, 0.1) is 16.0 Å². The number of nitrogens with one attached hydrogen (secondary N) is 1. The molecule has 1 atom stereocenters. The summed E-state index contributed by atoms with van der Waals surface area (Å²) in [6.45, 7) is 7.63. The van der Waals surface area contributed by atoms with Crippen LogP contribution in [0.3, 0.4) is 0 Å². The predicted octanol–water partition coefficient (Wildman–Crippen LogP) is 3.16. The van der Waals surface area contributed by atoms with Crippen LogP contribution in [0.5, 0.6) is 0 Å². The van der Waals surface area contributed by atoms with Crippen molar-refractivity contribution in [2.45, 2.75) is 32.8 Å². The number of aromatic nitrogens is 2. The number of hydrogen-bond acceptors (Lipinski definition) is 6. The highest BCUT2D eigenvalue weighted by molar-refractivity contribution is 5.80. The number of benzene rings is 1. The van der Waals surface area contributed by atoms with Crippen LogP contribution in [0.2, 0.25) is 0 Å². The molecule has 1 aliphatic heterocycles. The molecule has 0 aliphatic carbocycles. The fourth-order valence-corrected chi connectivity index (χ4v) is 3.23. The number of ether oxygens (including phenoxy) is 1. The molecule has 1 N–H and O–H groups in total. The molecule has 1 aromatic carbocycles. The van der Waals surface area contributed by atoms with Crippen LogP contribution in [0.1, 0.15) is 27.2 Å². The SMILES string of the molecule is CN(CC1CCN(C(=O)OC(C)(C)C)C1)c1nc2ccc([N+](=O)[O-])cc2[nH]1. The molecule has 0 spiro atoms. The Morgan fingerprint density at radius 2 is 2.22 bits per heavy atom. The third-order valence-corrected chi connectivity index (χ3v) is 4.49. The first-order valence-corrected chi connectivity index (χ1v) is 8.95. The lowest BCUT2D eigenvalue weighted by molar-refractivity contribution is -0.384.